The van der Waals surface area contributed by atoms with E-state index < -0.39 is 5.97 Å². The van der Waals surface area contributed by atoms with Gasteiger partial charge < -0.3 is 14.8 Å². The highest BCUT2D eigenvalue weighted by Crippen LogP contribution is 2.14. The molecule has 19 heavy (non-hydrogen) atoms. The Hall–Kier alpha value is -2.08. The molecular formula is C13H17N3O3. The van der Waals surface area contributed by atoms with Crippen LogP contribution in [0.3, 0.4) is 0 Å². The molecule has 0 aliphatic carbocycles. The summed E-state index contributed by atoms with van der Waals surface area (Å²) in [6.07, 6.45) is 4.68. The maximum Gasteiger partial charge on any atom is 0.372 e. The fraction of sp³-hybridized carbons (Fsp3) is 0.385. The number of aromatic carboxylic acids is 1. The Kier molecular flexibility index (Phi) is 4.01. The molecule has 0 radical (unpaired) electrons. The van der Waals surface area contributed by atoms with E-state index in [9.17, 15) is 4.79 Å². The van der Waals surface area contributed by atoms with Gasteiger partial charge in [0.1, 0.15) is 5.76 Å². The lowest BCUT2D eigenvalue weighted by molar-refractivity contribution is 0.0659. The highest BCUT2D eigenvalue weighted by atomic mass is 16.4. The van der Waals surface area contributed by atoms with Gasteiger partial charge in [-0.1, -0.05) is 0 Å². The largest absolute Gasteiger partial charge is 0.475 e. The monoisotopic (exact) mass is 263 g/mol. The van der Waals surface area contributed by atoms with Crippen molar-refractivity contribution >= 4 is 5.97 Å². The average Bonchev–Trinajstić information content (AvgIpc) is 2.91. The van der Waals surface area contributed by atoms with Crippen LogP contribution in [0, 0.1) is 6.92 Å². The number of rotatable bonds is 6. The second kappa shape index (κ2) is 5.71. The molecule has 0 aliphatic rings. The predicted molar refractivity (Wildman–Crippen MR) is 69.0 cm³/mol. The average molecular weight is 263 g/mol. The number of nitrogens with zero attached hydrogens (tertiary/aromatic N) is 2. The number of aromatic nitrogens is 2. The van der Waals surface area contributed by atoms with Gasteiger partial charge in [-0.3, -0.25) is 4.68 Å². The molecule has 2 rings (SSSR count). The standard InChI is InChI=1S/C13H17N3O3/c1-9-5-11(19-12(9)13(17)18)7-14-4-3-10-6-15-16(2)8-10/h5-6,8,14H,3-4,7H2,1-2H3,(H,17,18). The van der Waals surface area contributed by atoms with E-state index in [0.29, 0.717) is 17.9 Å². The number of hydrogen-bond donors (Lipinski definition) is 2. The first-order valence-corrected chi connectivity index (χ1v) is 6.07. The second-order valence-corrected chi connectivity index (χ2v) is 4.48. The summed E-state index contributed by atoms with van der Waals surface area (Å²) in [5.74, 6) is -0.371. The highest BCUT2D eigenvalue weighted by molar-refractivity contribution is 5.86. The van der Waals surface area contributed by atoms with Gasteiger partial charge in [0.15, 0.2) is 0 Å². The Morgan fingerprint density at radius 3 is 2.95 bits per heavy atom. The lowest BCUT2D eigenvalue weighted by Gasteiger charge is -2.00. The number of furan rings is 1. The van der Waals surface area contributed by atoms with Crippen LogP contribution in [0.4, 0.5) is 0 Å². The molecule has 0 bridgehead atoms. The third-order valence-electron chi connectivity index (χ3n) is 2.81. The Bertz CT molecular complexity index is 571. The van der Waals surface area contributed by atoms with Gasteiger partial charge in [0, 0.05) is 18.8 Å². The lowest BCUT2D eigenvalue weighted by Crippen LogP contribution is -2.16. The van der Waals surface area contributed by atoms with Crippen molar-refractivity contribution in [2.45, 2.75) is 19.9 Å². The molecule has 2 N–H and O–H groups in total. The second-order valence-electron chi connectivity index (χ2n) is 4.48. The normalized spacial score (nSPS) is 10.8. The van der Waals surface area contributed by atoms with E-state index in [1.54, 1.807) is 17.7 Å². The molecule has 2 heterocycles. The van der Waals surface area contributed by atoms with Crippen molar-refractivity contribution in [2.75, 3.05) is 6.54 Å². The van der Waals surface area contributed by atoms with Gasteiger partial charge in [-0.2, -0.15) is 5.10 Å². The summed E-state index contributed by atoms with van der Waals surface area (Å²) in [5, 5.41) is 16.2. The summed E-state index contributed by atoms with van der Waals surface area (Å²) in [4.78, 5) is 10.8. The van der Waals surface area contributed by atoms with E-state index in [0.717, 1.165) is 18.5 Å². The minimum Gasteiger partial charge on any atom is -0.475 e. The van der Waals surface area contributed by atoms with E-state index in [4.69, 9.17) is 9.52 Å². The molecule has 0 aromatic carbocycles. The zero-order valence-electron chi connectivity index (χ0n) is 11.0. The first kappa shape index (κ1) is 13.4. The van der Waals surface area contributed by atoms with Gasteiger partial charge in [-0.15, -0.1) is 0 Å². The molecular weight excluding hydrogens is 246 g/mol. The highest BCUT2D eigenvalue weighted by Gasteiger charge is 2.13. The van der Waals surface area contributed by atoms with E-state index >= 15 is 0 Å². The Morgan fingerprint density at radius 2 is 2.37 bits per heavy atom. The smallest absolute Gasteiger partial charge is 0.372 e. The molecule has 0 amide bonds. The predicted octanol–water partition coefficient (Wildman–Crippen LogP) is 1.35. The van der Waals surface area contributed by atoms with Crippen LogP contribution in [0.2, 0.25) is 0 Å². The van der Waals surface area contributed by atoms with Gasteiger partial charge in [-0.05, 0) is 31.5 Å². The van der Waals surface area contributed by atoms with E-state index in [1.807, 2.05) is 19.4 Å². The molecule has 6 heteroatoms. The number of hydrogen-bond acceptors (Lipinski definition) is 4. The summed E-state index contributed by atoms with van der Waals surface area (Å²) < 4.78 is 7.02. The minimum absolute atomic E-state index is 0.0176. The number of carboxylic acids is 1. The molecule has 2 aromatic rings. The van der Waals surface area contributed by atoms with Crippen molar-refractivity contribution in [1.29, 1.82) is 0 Å². The van der Waals surface area contributed by atoms with Crippen molar-refractivity contribution in [1.82, 2.24) is 15.1 Å². The van der Waals surface area contributed by atoms with Gasteiger partial charge in [0.2, 0.25) is 5.76 Å². The minimum atomic E-state index is -1.03. The summed E-state index contributed by atoms with van der Waals surface area (Å²) in [6.45, 7) is 3.04. The van der Waals surface area contributed by atoms with Crippen molar-refractivity contribution in [3.63, 3.8) is 0 Å². The molecule has 2 aromatic heterocycles. The number of aryl methyl sites for hydroxylation is 2. The van der Waals surface area contributed by atoms with Crippen LogP contribution < -0.4 is 5.32 Å². The SMILES string of the molecule is Cc1cc(CNCCc2cnn(C)c2)oc1C(=O)O. The molecule has 6 nitrogen and oxygen atoms in total. The van der Waals surface area contributed by atoms with Gasteiger partial charge in [0.25, 0.3) is 0 Å². The van der Waals surface area contributed by atoms with Crippen LogP contribution in [0.25, 0.3) is 0 Å². The van der Waals surface area contributed by atoms with Crippen molar-refractivity contribution in [3.05, 3.63) is 41.1 Å². The van der Waals surface area contributed by atoms with Crippen LogP contribution in [0.5, 0.6) is 0 Å². The van der Waals surface area contributed by atoms with Gasteiger partial charge in [-0.25, -0.2) is 4.79 Å². The molecule has 0 unspecified atom stereocenters. The maximum atomic E-state index is 10.8. The summed E-state index contributed by atoms with van der Waals surface area (Å²) >= 11 is 0. The van der Waals surface area contributed by atoms with Crippen LogP contribution in [-0.2, 0) is 20.0 Å². The van der Waals surface area contributed by atoms with Crippen LogP contribution in [-0.4, -0.2) is 27.4 Å². The van der Waals surface area contributed by atoms with Crippen molar-refractivity contribution < 1.29 is 14.3 Å². The number of nitrogens with one attached hydrogen (secondary N) is 1. The topological polar surface area (TPSA) is 80.3 Å². The summed E-state index contributed by atoms with van der Waals surface area (Å²) in [5.41, 5.74) is 1.81. The molecule has 0 saturated heterocycles. The van der Waals surface area contributed by atoms with Crippen LogP contribution >= 0.6 is 0 Å². The zero-order chi connectivity index (χ0) is 13.8. The van der Waals surface area contributed by atoms with E-state index in [2.05, 4.69) is 10.4 Å². The van der Waals surface area contributed by atoms with Crippen molar-refractivity contribution in [3.8, 4) is 0 Å². The first-order chi connectivity index (χ1) is 9.06. The van der Waals surface area contributed by atoms with Crippen LogP contribution in [0.15, 0.2) is 22.9 Å². The van der Waals surface area contributed by atoms with Crippen molar-refractivity contribution in [2.24, 2.45) is 7.05 Å². The van der Waals surface area contributed by atoms with Gasteiger partial charge >= 0.3 is 5.97 Å². The molecule has 102 valence electrons. The Balaban J connectivity index is 1.79. The van der Waals surface area contributed by atoms with E-state index in [-0.39, 0.29) is 5.76 Å². The zero-order valence-corrected chi connectivity index (χ0v) is 11.0. The fourth-order valence-corrected chi connectivity index (χ4v) is 1.89. The van der Waals surface area contributed by atoms with Crippen LogP contribution in [0.1, 0.15) is 27.4 Å². The Labute approximate surface area is 111 Å². The first-order valence-electron chi connectivity index (χ1n) is 6.07. The lowest BCUT2D eigenvalue weighted by atomic mass is 10.2. The molecule has 0 atom stereocenters. The fourth-order valence-electron chi connectivity index (χ4n) is 1.89. The number of carboxylic acid groups (broad SMARTS) is 1. The number of carbonyl (C=O) groups is 1. The van der Waals surface area contributed by atoms with E-state index in [1.165, 1.54) is 0 Å². The van der Waals surface area contributed by atoms with Gasteiger partial charge in [0.05, 0.1) is 12.7 Å². The third kappa shape index (κ3) is 3.45. The third-order valence-corrected chi connectivity index (χ3v) is 2.81. The molecule has 0 spiro atoms. The molecule has 0 aliphatic heterocycles. The summed E-state index contributed by atoms with van der Waals surface area (Å²) in [6, 6.07) is 1.75. The maximum absolute atomic E-state index is 10.8. The molecule has 0 fully saturated rings. The summed E-state index contributed by atoms with van der Waals surface area (Å²) in [7, 11) is 1.88. The Morgan fingerprint density at radius 1 is 1.58 bits per heavy atom. The quantitative estimate of drug-likeness (QED) is 0.769. The molecule has 0 saturated carbocycles.